The Balaban J connectivity index is 1.61. The summed E-state index contributed by atoms with van der Waals surface area (Å²) in [4.78, 5) is 38.1. The topological polar surface area (TPSA) is 79.0 Å². The lowest BCUT2D eigenvalue weighted by molar-refractivity contribution is -0.167. The third kappa shape index (κ3) is 6.94. The predicted molar refractivity (Wildman–Crippen MR) is 110 cm³/mol. The van der Waals surface area contributed by atoms with Gasteiger partial charge in [0.25, 0.3) is 0 Å². The Kier molecular flexibility index (Phi) is 7.68. The van der Waals surface area contributed by atoms with Crippen molar-refractivity contribution in [2.24, 2.45) is 0 Å². The molecule has 0 aromatic heterocycles. The third-order valence-electron chi connectivity index (χ3n) is 5.14. The van der Waals surface area contributed by atoms with Crippen molar-refractivity contribution in [1.82, 2.24) is 9.80 Å². The monoisotopic (exact) mass is 503 g/mol. The number of esters is 1. The van der Waals surface area contributed by atoms with Gasteiger partial charge in [-0.1, -0.05) is 24.3 Å². The molecule has 1 heterocycles. The molecule has 1 aliphatic heterocycles. The molecule has 2 aromatic rings. The maximum absolute atomic E-state index is 13.5. The van der Waals surface area contributed by atoms with Crippen LogP contribution in [0.25, 0.3) is 0 Å². The molecular weight excluding hydrogens is 484 g/mol. The number of hydrogen-bond acceptors (Lipinski definition) is 5. The molecule has 0 radical (unpaired) electrons. The number of carbonyl (C=O) groups is 3. The number of carbonyl (C=O) groups excluding carboxylic acids is 3. The van der Waals surface area contributed by atoms with Gasteiger partial charge in [-0.2, -0.15) is 26.3 Å². The second-order valence-corrected chi connectivity index (χ2v) is 7.61. The summed E-state index contributed by atoms with van der Waals surface area (Å²) in [7, 11) is 0. The van der Waals surface area contributed by atoms with Gasteiger partial charge in [0.05, 0.1) is 11.1 Å². The predicted octanol–water partition coefficient (Wildman–Crippen LogP) is 4.30. The Labute approximate surface area is 195 Å². The number of halogens is 6. The molecule has 1 N–H and O–H groups in total. The number of alkyl halides is 6. The van der Waals surface area contributed by atoms with E-state index in [1.807, 2.05) is 0 Å². The molecule has 188 valence electrons. The number of ether oxygens (including phenoxy) is 1. The quantitative estimate of drug-likeness (QED) is 0.383. The van der Waals surface area contributed by atoms with Crippen LogP contribution in [0.15, 0.2) is 48.5 Å². The van der Waals surface area contributed by atoms with Crippen LogP contribution >= 0.6 is 0 Å². The molecule has 2 aromatic carbocycles. The highest BCUT2D eigenvalue weighted by atomic mass is 19.4. The number of anilines is 1. The van der Waals surface area contributed by atoms with Crippen LogP contribution in [0.2, 0.25) is 0 Å². The van der Waals surface area contributed by atoms with Crippen LogP contribution in [0.4, 0.5) is 36.8 Å². The van der Waals surface area contributed by atoms with Gasteiger partial charge in [0, 0.05) is 38.4 Å². The average Bonchev–Trinajstić information content (AvgIpc) is 2.79. The zero-order valence-corrected chi connectivity index (χ0v) is 17.9. The standard InChI is InChI=1S/C22H19F6N3O4/c23-21(24,25)17-12-16(29-19(33)22(26,27)28)7-6-15(17)13-30-8-10-31(11-9-30)20(34)35-18(32)14-4-2-1-3-5-14/h1-7,12H,8-11,13H2,(H,29,33). The summed E-state index contributed by atoms with van der Waals surface area (Å²) in [5.41, 5.74) is -1.85. The van der Waals surface area contributed by atoms with Gasteiger partial charge < -0.3 is 15.0 Å². The fraction of sp³-hybridized carbons (Fsp3) is 0.318. The number of hydrogen-bond donors (Lipinski definition) is 1. The number of nitrogens with zero attached hydrogens (tertiary/aromatic N) is 2. The van der Waals surface area contributed by atoms with E-state index in [2.05, 4.69) is 0 Å². The average molecular weight is 503 g/mol. The number of piperazine rings is 1. The van der Waals surface area contributed by atoms with E-state index in [1.54, 1.807) is 23.1 Å². The van der Waals surface area contributed by atoms with Gasteiger partial charge in [0.1, 0.15) is 0 Å². The van der Waals surface area contributed by atoms with Crippen molar-refractivity contribution in [2.75, 3.05) is 31.5 Å². The van der Waals surface area contributed by atoms with Crippen LogP contribution in [-0.2, 0) is 22.3 Å². The molecule has 13 heteroatoms. The van der Waals surface area contributed by atoms with Crippen molar-refractivity contribution < 1.29 is 45.5 Å². The van der Waals surface area contributed by atoms with Crippen molar-refractivity contribution in [2.45, 2.75) is 18.9 Å². The van der Waals surface area contributed by atoms with E-state index in [-0.39, 0.29) is 43.9 Å². The minimum Gasteiger partial charge on any atom is -0.372 e. The Bertz CT molecular complexity index is 1080. The molecule has 2 amide bonds. The van der Waals surface area contributed by atoms with E-state index in [4.69, 9.17) is 4.74 Å². The molecule has 0 saturated carbocycles. The summed E-state index contributed by atoms with van der Waals surface area (Å²) >= 11 is 0. The first-order valence-corrected chi connectivity index (χ1v) is 10.2. The van der Waals surface area contributed by atoms with Crippen molar-refractivity contribution in [3.05, 3.63) is 65.2 Å². The molecule has 0 bridgehead atoms. The fourth-order valence-electron chi connectivity index (χ4n) is 3.36. The maximum atomic E-state index is 13.5. The second-order valence-electron chi connectivity index (χ2n) is 7.61. The highest BCUT2D eigenvalue weighted by Crippen LogP contribution is 2.35. The SMILES string of the molecule is O=C(OC(=O)N1CCN(Cc2ccc(NC(=O)C(F)(F)F)cc2C(F)(F)F)CC1)c1ccccc1. The van der Waals surface area contributed by atoms with E-state index in [1.165, 1.54) is 22.3 Å². The van der Waals surface area contributed by atoms with Crippen molar-refractivity contribution in [3.63, 3.8) is 0 Å². The van der Waals surface area contributed by atoms with Crippen LogP contribution in [0.3, 0.4) is 0 Å². The van der Waals surface area contributed by atoms with Gasteiger partial charge >= 0.3 is 30.3 Å². The van der Waals surface area contributed by atoms with Crippen LogP contribution in [-0.4, -0.2) is 60.1 Å². The van der Waals surface area contributed by atoms with E-state index < -0.39 is 41.6 Å². The summed E-state index contributed by atoms with van der Waals surface area (Å²) in [6.07, 6.45) is -11.0. The molecular formula is C22H19F6N3O4. The fourth-order valence-corrected chi connectivity index (χ4v) is 3.36. The smallest absolute Gasteiger partial charge is 0.372 e. The molecule has 1 saturated heterocycles. The zero-order chi connectivity index (χ0) is 25.8. The first-order valence-electron chi connectivity index (χ1n) is 10.2. The van der Waals surface area contributed by atoms with E-state index in [0.717, 1.165) is 12.1 Å². The van der Waals surface area contributed by atoms with Crippen molar-refractivity contribution >= 4 is 23.7 Å². The van der Waals surface area contributed by atoms with Gasteiger partial charge in [-0.25, -0.2) is 9.59 Å². The van der Waals surface area contributed by atoms with Crippen LogP contribution in [0, 0.1) is 0 Å². The van der Waals surface area contributed by atoms with Gasteiger partial charge in [-0.05, 0) is 29.8 Å². The molecule has 35 heavy (non-hydrogen) atoms. The minimum absolute atomic E-state index is 0.0853. The summed E-state index contributed by atoms with van der Waals surface area (Å²) in [5.74, 6) is -3.21. The Morgan fingerprint density at radius 3 is 2.09 bits per heavy atom. The molecule has 0 spiro atoms. The maximum Gasteiger partial charge on any atom is 0.471 e. The lowest BCUT2D eigenvalue weighted by Crippen LogP contribution is -2.48. The van der Waals surface area contributed by atoms with Crippen molar-refractivity contribution in [1.29, 1.82) is 0 Å². The lowest BCUT2D eigenvalue weighted by atomic mass is 10.0. The Morgan fingerprint density at radius 2 is 1.51 bits per heavy atom. The highest BCUT2D eigenvalue weighted by molar-refractivity contribution is 5.96. The Morgan fingerprint density at radius 1 is 0.886 bits per heavy atom. The lowest BCUT2D eigenvalue weighted by Gasteiger charge is -2.34. The molecule has 0 unspecified atom stereocenters. The number of rotatable bonds is 4. The van der Waals surface area contributed by atoms with Crippen LogP contribution in [0.1, 0.15) is 21.5 Å². The first-order chi connectivity index (χ1) is 16.3. The summed E-state index contributed by atoms with van der Waals surface area (Å²) < 4.78 is 82.6. The van der Waals surface area contributed by atoms with Gasteiger partial charge in [-0.15, -0.1) is 0 Å². The van der Waals surface area contributed by atoms with E-state index >= 15 is 0 Å². The normalized spacial score (nSPS) is 15.0. The molecule has 1 aliphatic rings. The van der Waals surface area contributed by atoms with E-state index in [0.29, 0.717) is 6.07 Å². The molecule has 0 atom stereocenters. The summed E-state index contributed by atoms with van der Waals surface area (Å²) in [5, 5.41) is 1.41. The number of benzene rings is 2. The van der Waals surface area contributed by atoms with Gasteiger partial charge in [0.2, 0.25) is 0 Å². The number of amides is 2. The molecule has 7 nitrogen and oxygen atoms in total. The largest absolute Gasteiger partial charge is 0.471 e. The van der Waals surface area contributed by atoms with Gasteiger partial charge in [0.15, 0.2) is 0 Å². The third-order valence-corrected chi connectivity index (χ3v) is 5.14. The summed E-state index contributed by atoms with van der Waals surface area (Å²) in [6.45, 7) is 0.301. The highest BCUT2D eigenvalue weighted by Gasteiger charge is 2.39. The first kappa shape index (κ1) is 26.0. The molecule has 1 fully saturated rings. The molecule has 3 rings (SSSR count). The van der Waals surface area contributed by atoms with Crippen LogP contribution < -0.4 is 5.32 Å². The van der Waals surface area contributed by atoms with Gasteiger partial charge in [-0.3, -0.25) is 9.69 Å². The number of nitrogens with one attached hydrogen (secondary N) is 1. The van der Waals surface area contributed by atoms with E-state index in [9.17, 15) is 40.7 Å². The zero-order valence-electron chi connectivity index (χ0n) is 17.9. The minimum atomic E-state index is -5.25. The summed E-state index contributed by atoms with van der Waals surface area (Å²) in [6, 6.07) is 10.2. The second kappa shape index (κ2) is 10.3. The van der Waals surface area contributed by atoms with Crippen LogP contribution in [0.5, 0.6) is 0 Å². The van der Waals surface area contributed by atoms with Crippen molar-refractivity contribution in [3.8, 4) is 0 Å². The Hall–Kier alpha value is -3.61. The molecule has 0 aliphatic carbocycles.